The molecule has 1 fully saturated rings. The second-order valence-electron chi connectivity index (χ2n) is 6.55. The quantitative estimate of drug-likeness (QED) is 0.724. The average Bonchev–Trinajstić information content (AvgIpc) is 2.65. The minimum absolute atomic E-state index is 0.000766. The molecule has 0 bridgehead atoms. The lowest BCUT2D eigenvalue weighted by Gasteiger charge is -2.36. The Kier molecular flexibility index (Phi) is 7.56. The Labute approximate surface area is 155 Å². The van der Waals surface area contributed by atoms with Crippen LogP contribution in [0.25, 0.3) is 0 Å². The Morgan fingerprint density at radius 3 is 2.38 bits per heavy atom. The van der Waals surface area contributed by atoms with E-state index in [1.54, 1.807) is 0 Å². The predicted octanol–water partition coefficient (Wildman–Crippen LogP) is 1.69. The van der Waals surface area contributed by atoms with E-state index in [1.165, 1.54) is 0 Å². The summed E-state index contributed by atoms with van der Waals surface area (Å²) in [5.41, 5.74) is 1.07. The molecule has 2 rings (SSSR count). The number of anilines is 1. The van der Waals surface area contributed by atoms with E-state index in [2.05, 4.69) is 21.6 Å². The van der Waals surface area contributed by atoms with Gasteiger partial charge in [0.25, 0.3) is 0 Å². The molecule has 1 aliphatic heterocycles. The third kappa shape index (κ3) is 5.54. The molecule has 3 amide bonds. The molecule has 1 aliphatic rings. The number of carbonyl (C=O) groups is 2. The number of hydrogen-bond donors (Lipinski definition) is 2. The van der Waals surface area contributed by atoms with Gasteiger partial charge < -0.3 is 25.2 Å². The van der Waals surface area contributed by atoms with Crippen molar-refractivity contribution in [2.24, 2.45) is 5.92 Å². The number of benzene rings is 1. The van der Waals surface area contributed by atoms with Crippen molar-refractivity contribution >= 4 is 17.6 Å². The molecule has 0 atom stereocenters. The number of urea groups is 1. The molecule has 1 heterocycles. The molecule has 7 heteroatoms. The first kappa shape index (κ1) is 19.9. The van der Waals surface area contributed by atoms with Gasteiger partial charge in [0.1, 0.15) is 5.75 Å². The normalized spacial score (nSPS) is 14.3. The number of ether oxygens (including phenoxy) is 1. The van der Waals surface area contributed by atoms with Gasteiger partial charge in [-0.2, -0.15) is 0 Å². The number of nitrogens with zero attached hydrogens (tertiary/aromatic N) is 2. The molecular weight excluding hydrogens is 332 g/mol. The van der Waals surface area contributed by atoms with Crippen molar-refractivity contribution in [3.63, 3.8) is 0 Å². The van der Waals surface area contributed by atoms with Gasteiger partial charge in [-0.05, 0) is 19.1 Å². The van der Waals surface area contributed by atoms with Gasteiger partial charge in [0.15, 0.2) is 0 Å². The van der Waals surface area contributed by atoms with E-state index in [-0.39, 0.29) is 17.9 Å². The SMILES string of the molecule is CCOc1ccccc1N1CCN(C(=O)NCCNC(=O)C(C)C)CC1. The third-order valence-electron chi connectivity index (χ3n) is 4.30. The van der Waals surface area contributed by atoms with Gasteiger partial charge in [-0.1, -0.05) is 26.0 Å². The molecule has 0 aliphatic carbocycles. The van der Waals surface area contributed by atoms with Gasteiger partial charge in [-0.25, -0.2) is 4.79 Å². The summed E-state index contributed by atoms with van der Waals surface area (Å²) in [7, 11) is 0. The van der Waals surface area contributed by atoms with Gasteiger partial charge in [-0.15, -0.1) is 0 Å². The molecule has 26 heavy (non-hydrogen) atoms. The van der Waals surface area contributed by atoms with Crippen molar-refractivity contribution in [2.45, 2.75) is 20.8 Å². The van der Waals surface area contributed by atoms with Crippen LogP contribution in [-0.2, 0) is 4.79 Å². The molecule has 0 radical (unpaired) electrons. The summed E-state index contributed by atoms with van der Waals surface area (Å²) in [6.07, 6.45) is 0. The van der Waals surface area contributed by atoms with E-state index >= 15 is 0 Å². The van der Waals surface area contributed by atoms with Crippen LogP contribution in [0.2, 0.25) is 0 Å². The molecule has 0 saturated carbocycles. The van der Waals surface area contributed by atoms with Crippen molar-refractivity contribution in [3.8, 4) is 5.75 Å². The first-order valence-corrected chi connectivity index (χ1v) is 9.30. The first-order chi connectivity index (χ1) is 12.5. The maximum absolute atomic E-state index is 12.2. The molecule has 0 unspecified atom stereocenters. The summed E-state index contributed by atoms with van der Waals surface area (Å²) in [4.78, 5) is 27.8. The smallest absolute Gasteiger partial charge is 0.317 e. The maximum Gasteiger partial charge on any atom is 0.317 e. The van der Waals surface area contributed by atoms with Crippen molar-refractivity contribution in [2.75, 3.05) is 50.8 Å². The number of piperazine rings is 1. The van der Waals surface area contributed by atoms with Crippen molar-refractivity contribution in [3.05, 3.63) is 24.3 Å². The zero-order valence-electron chi connectivity index (χ0n) is 16.0. The second-order valence-corrected chi connectivity index (χ2v) is 6.55. The second kappa shape index (κ2) is 9.89. The van der Waals surface area contributed by atoms with Crippen LogP contribution < -0.4 is 20.3 Å². The number of hydrogen-bond acceptors (Lipinski definition) is 4. The fourth-order valence-corrected chi connectivity index (χ4v) is 2.82. The van der Waals surface area contributed by atoms with Crippen LogP contribution in [0.5, 0.6) is 5.75 Å². The largest absolute Gasteiger partial charge is 0.492 e. The highest BCUT2D eigenvalue weighted by Crippen LogP contribution is 2.28. The van der Waals surface area contributed by atoms with E-state index in [1.807, 2.05) is 43.9 Å². The van der Waals surface area contributed by atoms with E-state index in [0.717, 1.165) is 24.5 Å². The Morgan fingerprint density at radius 1 is 1.08 bits per heavy atom. The van der Waals surface area contributed by atoms with Crippen LogP contribution in [0.4, 0.5) is 10.5 Å². The monoisotopic (exact) mass is 362 g/mol. The van der Waals surface area contributed by atoms with E-state index < -0.39 is 0 Å². The molecule has 7 nitrogen and oxygen atoms in total. The Bertz CT molecular complexity index is 598. The minimum atomic E-state index is -0.0819. The summed E-state index contributed by atoms with van der Waals surface area (Å²) in [6, 6.07) is 7.92. The van der Waals surface area contributed by atoms with Crippen LogP contribution in [0, 0.1) is 5.92 Å². The van der Waals surface area contributed by atoms with Gasteiger partial charge in [0.05, 0.1) is 12.3 Å². The average molecular weight is 362 g/mol. The van der Waals surface area contributed by atoms with Gasteiger partial charge in [0, 0.05) is 45.2 Å². The number of carbonyl (C=O) groups excluding carboxylic acids is 2. The van der Waals surface area contributed by atoms with Gasteiger partial charge in [-0.3, -0.25) is 4.79 Å². The summed E-state index contributed by atoms with van der Waals surface area (Å²) >= 11 is 0. The highest BCUT2D eigenvalue weighted by molar-refractivity contribution is 5.78. The molecule has 0 spiro atoms. The highest BCUT2D eigenvalue weighted by Gasteiger charge is 2.22. The van der Waals surface area contributed by atoms with Crippen LogP contribution in [0.15, 0.2) is 24.3 Å². The molecule has 1 saturated heterocycles. The zero-order chi connectivity index (χ0) is 18.9. The minimum Gasteiger partial charge on any atom is -0.492 e. The topological polar surface area (TPSA) is 73.9 Å². The van der Waals surface area contributed by atoms with Crippen LogP contribution in [-0.4, -0.2) is 62.7 Å². The molecule has 1 aromatic rings. The lowest BCUT2D eigenvalue weighted by atomic mass is 10.2. The Hall–Kier alpha value is -2.44. The fraction of sp³-hybridized carbons (Fsp3) is 0.579. The zero-order valence-corrected chi connectivity index (χ0v) is 16.0. The predicted molar refractivity (Wildman–Crippen MR) is 103 cm³/mol. The van der Waals surface area contributed by atoms with Gasteiger partial charge >= 0.3 is 6.03 Å². The first-order valence-electron chi connectivity index (χ1n) is 9.30. The number of rotatable bonds is 7. The Morgan fingerprint density at radius 2 is 1.73 bits per heavy atom. The summed E-state index contributed by atoms with van der Waals surface area (Å²) < 4.78 is 5.70. The van der Waals surface area contributed by atoms with Crippen LogP contribution in [0.1, 0.15) is 20.8 Å². The summed E-state index contributed by atoms with van der Waals surface area (Å²) in [5.74, 6) is 0.841. The van der Waals surface area contributed by atoms with Crippen molar-refractivity contribution in [1.29, 1.82) is 0 Å². The van der Waals surface area contributed by atoms with Crippen molar-refractivity contribution in [1.82, 2.24) is 15.5 Å². The van der Waals surface area contributed by atoms with E-state index in [0.29, 0.717) is 32.8 Å². The third-order valence-corrected chi connectivity index (χ3v) is 4.30. The van der Waals surface area contributed by atoms with E-state index in [4.69, 9.17) is 4.74 Å². The standard InChI is InChI=1S/C19H30N4O3/c1-4-26-17-8-6-5-7-16(17)22-11-13-23(14-12-22)19(25)21-10-9-20-18(24)15(2)3/h5-8,15H,4,9-14H2,1-3H3,(H,20,24)(H,21,25). The molecule has 0 aromatic heterocycles. The Balaban J connectivity index is 1.76. The number of para-hydroxylation sites is 2. The van der Waals surface area contributed by atoms with E-state index in [9.17, 15) is 9.59 Å². The lowest BCUT2D eigenvalue weighted by molar-refractivity contribution is -0.123. The lowest BCUT2D eigenvalue weighted by Crippen LogP contribution is -2.52. The summed E-state index contributed by atoms with van der Waals surface area (Å²) in [6.45, 7) is 10.0. The van der Waals surface area contributed by atoms with Crippen LogP contribution >= 0.6 is 0 Å². The number of amides is 3. The highest BCUT2D eigenvalue weighted by atomic mass is 16.5. The number of nitrogens with one attached hydrogen (secondary N) is 2. The molecule has 1 aromatic carbocycles. The summed E-state index contributed by atoms with van der Waals surface area (Å²) in [5, 5.41) is 5.65. The van der Waals surface area contributed by atoms with Crippen molar-refractivity contribution < 1.29 is 14.3 Å². The molecule has 2 N–H and O–H groups in total. The fourth-order valence-electron chi connectivity index (χ4n) is 2.82. The maximum atomic E-state index is 12.2. The molecule has 144 valence electrons. The van der Waals surface area contributed by atoms with Crippen LogP contribution in [0.3, 0.4) is 0 Å². The van der Waals surface area contributed by atoms with Gasteiger partial charge in [0.2, 0.25) is 5.91 Å². The molecular formula is C19H30N4O3.